The molecule has 2 fully saturated rings. The fourth-order valence-electron chi connectivity index (χ4n) is 6.02. The molecule has 6 aromatic rings. The number of amides is 2. The molecule has 2 aliphatic rings. The molecule has 2 saturated heterocycles. The minimum absolute atomic E-state index is 0.0393. The number of carbonyl (C=O) groups excluding carboxylic acids is 2. The zero-order valence-electron chi connectivity index (χ0n) is 30.2. The highest BCUT2D eigenvalue weighted by Crippen LogP contribution is 2.23. The third kappa shape index (κ3) is 9.68. The highest BCUT2D eigenvalue weighted by molar-refractivity contribution is 6.04. The second-order valence-corrected chi connectivity index (χ2v) is 12.8. The standard InChI is InChI=1S/C21H22N4O3.C20H19FN4O2/c1-27-19-8-6-18(7-9-19)25-14-16(12-23-25)21(26)24-17-4-2-15(3-5-17)20-13-22-10-11-28-20;21-16-3-7-18(8-4-16)25-13-15(11-23-25)20(26)24-17-5-1-14(2-6-17)19-12-22-9-10-27-19/h2-9,12,14,20,22H,10-11,13H2,1H3,(H,24,26);1-8,11,13,19,22H,9-10,12H2,(H,24,26)/t20-;19-/m11/s1. The number of aromatic nitrogens is 4. The van der Waals surface area contributed by atoms with Crippen LogP contribution in [-0.2, 0) is 9.47 Å². The van der Waals surface area contributed by atoms with E-state index >= 15 is 0 Å². The van der Waals surface area contributed by atoms with Gasteiger partial charge in [0, 0.05) is 49.9 Å². The number of rotatable bonds is 9. The van der Waals surface area contributed by atoms with Gasteiger partial charge >= 0.3 is 0 Å². The van der Waals surface area contributed by atoms with Gasteiger partial charge in [0.2, 0.25) is 0 Å². The van der Waals surface area contributed by atoms with Gasteiger partial charge in [-0.3, -0.25) is 9.59 Å². The van der Waals surface area contributed by atoms with E-state index in [-0.39, 0.29) is 29.8 Å². The second-order valence-electron chi connectivity index (χ2n) is 12.8. The first kappa shape index (κ1) is 37.1. The topological polar surface area (TPSA) is 146 Å². The number of hydrogen-bond donors (Lipinski definition) is 4. The SMILES string of the molecule is COc1ccc(-n2cc(C(=O)Nc3ccc([C@H]4CNCCO4)cc3)cn2)cc1.O=C(Nc1ccc([C@H]2CNCCO2)cc1)c1cnn(-c2ccc(F)cc2)c1. The highest BCUT2D eigenvalue weighted by Gasteiger charge is 2.18. The quantitative estimate of drug-likeness (QED) is 0.146. The van der Waals surface area contributed by atoms with E-state index in [1.807, 2.05) is 72.8 Å². The van der Waals surface area contributed by atoms with Gasteiger partial charge in [-0.15, -0.1) is 0 Å². The number of methoxy groups -OCH3 is 1. The Hall–Kier alpha value is -6.19. The minimum atomic E-state index is -0.318. The molecule has 2 aromatic heterocycles. The van der Waals surface area contributed by atoms with Crippen molar-refractivity contribution in [2.75, 3.05) is 57.1 Å². The maximum Gasteiger partial charge on any atom is 0.258 e. The molecule has 0 unspecified atom stereocenters. The number of halogens is 1. The summed E-state index contributed by atoms with van der Waals surface area (Å²) in [5.41, 5.74) is 6.03. The van der Waals surface area contributed by atoms with Gasteiger partial charge in [-0.05, 0) is 83.9 Å². The lowest BCUT2D eigenvalue weighted by Gasteiger charge is -2.24. The predicted octanol–water partition coefficient (Wildman–Crippen LogP) is 5.72. The molecule has 0 spiro atoms. The maximum absolute atomic E-state index is 13.0. The first-order valence-corrected chi connectivity index (χ1v) is 17.9. The van der Waals surface area contributed by atoms with Gasteiger partial charge in [0.25, 0.3) is 11.8 Å². The molecule has 0 bridgehead atoms. The Morgan fingerprint density at radius 3 is 1.51 bits per heavy atom. The molecule has 4 N–H and O–H groups in total. The van der Waals surface area contributed by atoms with E-state index in [0.717, 1.165) is 54.4 Å². The molecule has 2 aliphatic heterocycles. The van der Waals surface area contributed by atoms with Crippen molar-refractivity contribution in [2.45, 2.75) is 12.2 Å². The Labute approximate surface area is 317 Å². The van der Waals surface area contributed by atoms with Crippen LogP contribution in [0.2, 0.25) is 0 Å². The average Bonchev–Trinajstić information content (AvgIpc) is 3.95. The number of ether oxygens (including phenoxy) is 3. The number of nitrogens with one attached hydrogen (secondary N) is 4. The summed E-state index contributed by atoms with van der Waals surface area (Å²) in [5, 5.41) is 20.8. The van der Waals surface area contributed by atoms with E-state index in [4.69, 9.17) is 14.2 Å². The van der Waals surface area contributed by atoms with Crippen molar-refractivity contribution in [1.29, 1.82) is 0 Å². The van der Waals surface area contributed by atoms with Crippen LogP contribution in [0.15, 0.2) is 122 Å². The lowest BCUT2D eigenvalue weighted by Crippen LogP contribution is -2.33. The zero-order valence-corrected chi connectivity index (χ0v) is 30.2. The summed E-state index contributed by atoms with van der Waals surface area (Å²) in [4.78, 5) is 25.0. The Morgan fingerprint density at radius 1 is 0.673 bits per heavy atom. The van der Waals surface area contributed by atoms with E-state index in [2.05, 4.69) is 31.5 Å². The van der Waals surface area contributed by atoms with E-state index in [9.17, 15) is 14.0 Å². The molecular weight excluding hydrogens is 704 g/mol. The summed E-state index contributed by atoms with van der Waals surface area (Å²) in [6.45, 7) is 4.75. The molecule has 4 aromatic carbocycles. The van der Waals surface area contributed by atoms with Crippen molar-refractivity contribution in [3.8, 4) is 17.1 Å². The van der Waals surface area contributed by atoms with Gasteiger partial charge in [0.1, 0.15) is 11.6 Å². The first-order chi connectivity index (χ1) is 26.9. The summed E-state index contributed by atoms with van der Waals surface area (Å²) in [6, 6.07) is 28.7. The van der Waals surface area contributed by atoms with Crippen LogP contribution in [0, 0.1) is 5.82 Å². The molecule has 2 amide bonds. The predicted molar refractivity (Wildman–Crippen MR) is 206 cm³/mol. The third-order valence-electron chi connectivity index (χ3n) is 9.05. The van der Waals surface area contributed by atoms with Crippen molar-refractivity contribution >= 4 is 23.2 Å². The molecule has 2 atom stereocenters. The van der Waals surface area contributed by atoms with E-state index < -0.39 is 0 Å². The summed E-state index contributed by atoms with van der Waals surface area (Å²) >= 11 is 0. The van der Waals surface area contributed by atoms with Gasteiger partial charge in [0.05, 0.1) is 67.4 Å². The third-order valence-corrected chi connectivity index (χ3v) is 9.05. The number of morpholine rings is 2. The largest absolute Gasteiger partial charge is 0.497 e. The monoisotopic (exact) mass is 744 g/mol. The second kappa shape index (κ2) is 17.8. The average molecular weight is 745 g/mol. The van der Waals surface area contributed by atoms with Crippen LogP contribution < -0.4 is 26.0 Å². The smallest absolute Gasteiger partial charge is 0.258 e. The number of carbonyl (C=O) groups is 2. The maximum atomic E-state index is 13.0. The molecule has 14 heteroatoms. The number of nitrogens with zero attached hydrogens (tertiary/aromatic N) is 4. The van der Waals surface area contributed by atoms with Crippen LogP contribution in [-0.4, -0.2) is 77.9 Å². The van der Waals surface area contributed by atoms with E-state index in [1.54, 1.807) is 42.5 Å². The van der Waals surface area contributed by atoms with Gasteiger partial charge in [0.15, 0.2) is 0 Å². The van der Waals surface area contributed by atoms with Crippen molar-refractivity contribution < 1.29 is 28.2 Å². The normalized spacial score (nSPS) is 16.7. The summed E-state index contributed by atoms with van der Waals surface area (Å²) in [5.74, 6) is -0.0109. The van der Waals surface area contributed by atoms with Crippen LogP contribution in [0.3, 0.4) is 0 Å². The molecule has 55 heavy (non-hydrogen) atoms. The molecule has 13 nitrogen and oxygen atoms in total. The summed E-state index contributed by atoms with van der Waals surface area (Å²) < 4.78 is 32.8. The van der Waals surface area contributed by atoms with Crippen molar-refractivity contribution in [3.05, 3.63) is 150 Å². The highest BCUT2D eigenvalue weighted by atomic mass is 19.1. The van der Waals surface area contributed by atoms with Crippen molar-refractivity contribution in [1.82, 2.24) is 30.2 Å². The van der Waals surface area contributed by atoms with Crippen LogP contribution >= 0.6 is 0 Å². The molecule has 0 radical (unpaired) electrons. The van der Waals surface area contributed by atoms with Crippen molar-refractivity contribution in [3.63, 3.8) is 0 Å². The summed E-state index contributed by atoms with van der Waals surface area (Å²) in [6.07, 6.45) is 6.44. The number of hydrogen-bond acceptors (Lipinski definition) is 9. The van der Waals surface area contributed by atoms with Crippen LogP contribution in [0.25, 0.3) is 11.4 Å². The first-order valence-electron chi connectivity index (χ1n) is 17.9. The Balaban J connectivity index is 0.000000169. The summed E-state index contributed by atoms with van der Waals surface area (Å²) in [7, 11) is 1.62. The fraction of sp³-hybridized carbons (Fsp3) is 0.220. The number of benzene rings is 4. The lowest BCUT2D eigenvalue weighted by atomic mass is 10.1. The molecule has 8 rings (SSSR count). The van der Waals surface area contributed by atoms with Crippen LogP contribution in [0.1, 0.15) is 44.1 Å². The Morgan fingerprint density at radius 2 is 1.11 bits per heavy atom. The molecule has 0 saturated carbocycles. The van der Waals surface area contributed by atoms with Crippen molar-refractivity contribution in [2.24, 2.45) is 0 Å². The van der Waals surface area contributed by atoms with Gasteiger partial charge in [-0.25, -0.2) is 13.8 Å². The molecule has 4 heterocycles. The minimum Gasteiger partial charge on any atom is -0.497 e. The van der Waals surface area contributed by atoms with E-state index in [0.29, 0.717) is 35.7 Å². The molecule has 0 aliphatic carbocycles. The van der Waals surface area contributed by atoms with Crippen LogP contribution in [0.5, 0.6) is 5.75 Å². The molecule has 282 valence electrons. The Kier molecular flexibility index (Phi) is 12.0. The molecular formula is C41H41FN8O5. The zero-order chi connectivity index (χ0) is 38.0. The number of anilines is 2. The van der Waals surface area contributed by atoms with Gasteiger partial charge < -0.3 is 35.5 Å². The van der Waals surface area contributed by atoms with E-state index in [1.165, 1.54) is 23.0 Å². The lowest BCUT2D eigenvalue weighted by molar-refractivity contribution is 0.0276. The van der Waals surface area contributed by atoms with Gasteiger partial charge in [-0.2, -0.15) is 10.2 Å². The fourth-order valence-corrected chi connectivity index (χ4v) is 6.02. The van der Waals surface area contributed by atoms with Gasteiger partial charge in [-0.1, -0.05) is 24.3 Å². The Bertz CT molecular complexity index is 2160. The van der Waals surface area contributed by atoms with Crippen LogP contribution in [0.4, 0.5) is 15.8 Å².